The Morgan fingerprint density at radius 2 is 2.08 bits per heavy atom. The average Bonchev–Trinajstić information content (AvgIpc) is 2.08. The zero-order valence-electron chi connectivity index (χ0n) is 7.45. The highest BCUT2D eigenvalue weighted by atomic mass is 19.3. The molecule has 3 N–H and O–H groups in total. The minimum atomic E-state index is -2.60. The minimum Gasteiger partial charge on any atom is -0.390 e. The van der Waals surface area contributed by atoms with Crippen molar-refractivity contribution >= 4 is 0 Å². The molecule has 1 heterocycles. The molecule has 0 spiro atoms. The first kappa shape index (κ1) is 10.8. The van der Waals surface area contributed by atoms with Crippen LogP contribution in [0.4, 0.5) is 8.78 Å². The lowest BCUT2D eigenvalue weighted by molar-refractivity contribution is -0.103. The predicted molar refractivity (Wildman–Crippen MR) is 43.6 cm³/mol. The number of alkyl halides is 2. The Labute approximate surface area is 75.8 Å². The van der Waals surface area contributed by atoms with E-state index in [-0.39, 0.29) is 6.54 Å². The predicted octanol–water partition coefficient (Wildman–Crippen LogP) is -0.0287. The smallest absolute Gasteiger partial charge is 0.245 e. The summed E-state index contributed by atoms with van der Waals surface area (Å²) in [6, 6.07) is -0.404. The van der Waals surface area contributed by atoms with Gasteiger partial charge in [-0.05, 0) is 6.42 Å². The number of rotatable bonds is 2. The molecule has 78 valence electrons. The number of hydrogen-bond donors (Lipinski definition) is 3. The Balaban J connectivity index is 2.68. The lowest BCUT2D eigenvalue weighted by Gasteiger charge is -2.38. The van der Waals surface area contributed by atoms with Crippen molar-refractivity contribution < 1.29 is 19.0 Å². The summed E-state index contributed by atoms with van der Waals surface area (Å²) in [5.41, 5.74) is 0. The molecule has 1 aliphatic rings. The number of hydrogen-bond acceptors (Lipinski definition) is 3. The van der Waals surface area contributed by atoms with Crippen molar-refractivity contribution in [1.29, 1.82) is 0 Å². The van der Waals surface area contributed by atoms with E-state index < -0.39 is 30.6 Å². The van der Waals surface area contributed by atoms with E-state index in [9.17, 15) is 13.9 Å². The second kappa shape index (κ2) is 4.30. The van der Waals surface area contributed by atoms with Gasteiger partial charge in [0.15, 0.2) is 0 Å². The van der Waals surface area contributed by atoms with Crippen LogP contribution in [0.25, 0.3) is 0 Å². The first-order chi connectivity index (χ1) is 6.07. The van der Waals surface area contributed by atoms with E-state index in [2.05, 4.69) is 5.32 Å². The summed E-state index contributed by atoms with van der Waals surface area (Å²) in [5, 5.41) is 21.3. The summed E-state index contributed by atoms with van der Waals surface area (Å²) in [7, 11) is 0. The lowest BCUT2D eigenvalue weighted by atomic mass is 9.85. The van der Waals surface area contributed by atoms with Crippen LogP contribution in [0.15, 0.2) is 0 Å². The number of nitrogens with one attached hydrogen (secondary N) is 1. The van der Waals surface area contributed by atoms with Gasteiger partial charge in [0.2, 0.25) is 6.43 Å². The van der Waals surface area contributed by atoms with Crippen molar-refractivity contribution in [3.63, 3.8) is 0 Å². The summed E-state index contributed by atoms with van der Waals surface area (Å²) in [5.74, 6) is -1.16. The molecule has 0 radical (unpaired) electrons. The van der Waals surface area contributed by atoms with E-state index in [1.165, 1.54) is 0 Å². The minimum absolute atomic E-state index is 0.183. The van der Waals surface area contributed by atoms with Crippen molar-refractivity contribution in [3.05, 3.63) is 0 Å². The van der Waals surface area contributed by atoms with Crippen LogP contribution in [0.2, 0.25) is 0 Å². The normalized spacial score (nSPS) is 41.1. The Morgan fingerprint density at radius 3 is 2.54 bits per heavy atom. The van der Waals surface area contributed by atoms with Crippen LogP contribution in [0, 0.1) is 5.92 Å². The molecule has 0 unspecified atom stereocenters. The standard InChI is InChI=1S/C8H15F2NO2/c1-2-4-6(8(9)10)7(13)5(12)3-11-4/h4-8,11-13H,2-3H2,1H3/t4-,5+,6-,7-/m0/s1. The molecular weight excluding hydrogens is 180 g/mol. The fourth-order valence-corrected chi connectivity index (χ4v) is 1.76. The third-order valence-electron chi connectivity index (χ3n) is 2.57. The van der Waals surface area contributed by atoms with Crippen molar-refractivity contribution in [2.75, 3.05) is 6.54 Å². The van der Waals surface area contributed by atoms with E-state index in [0.717, 1.165) is 0 Å². The van der Waals surface area contributed by atoms with Crippen molar-refractivity contribution in [2.45, 2.75) is 38.0 Å². The van der Waals surface area contributed by atoms with E-state index in [0.29, 0.717) is 6.42 Å². The number of halogens is 2. The van der Waals surface area contributed by atoms with Crippen molar-refractivity contribution in [2.24, 2.45) is 5.92 Å². The molecule has 4 atom stereocenters. The van der Waals surface area contributed by atoms with E-state index in [4.69, 9.17) is 5.11 Å². The second-order valence-corrected chi connectivity index (χ2v) is 3.39. The molecule has 0 aromatic heterocycles. The summed E-state index contributed by atoms with van der Waals surface area (Å²) in [6.45, 7) is 1.96. The maximum Gasteiger partial charge on any atom is 0.245 e. The van der Waals surface area contributed by atoms with Crippen LogP contribution in [0.1, 0.15) is 13.3 Å². The Hall–Kier alpha value is -0.260. The highest BCUT2D eigenvalue weighted by molar-refractivity contribution is 4.92. The van der Waals surface area contributed by atoms with Crippen LogP contribution in [0.3, 0.4) is 0 Å². The molecule has 3 nitrogen and oxygen atoms in total. The van der Waals surface area contributed by atoms with Gasteiger partial charge in [-0.2, -0.15) is 0 Å². The SMILES string of the molecule is CC[C@@H]1NC[C@@H](O)[C@H](O)[C@H]1C(F)F. The monoisotopic (exact) mass is 195 g/mol. The van der Waals surface area contributed by atoms with E-state index in [1.54, 1.807) is 6.92 Å². The zero-order valence-corrected chi connectivity index (χ0v) is 7.45. The number of aliphatic hydroxyl groups is 2. The number of β-amino-alcohol motifs (C(OH)–C–C–N with tert-alkyl or cyclic N) is 1. The molecule has 1 fully saturated rings. The summed E-state index contributed by atoms with van der Waals surface area (Å²) < 4.78 is 24.9. The van der Waals surface area contributed by atoms with Crippen LogP contribution in [-0.4, -0.2) is 41.4 Å². The topological polar surface area (TPSA) is 52.5 Å². The van der Waals surface area contributed by atoms with Gasteiger partial charge in [-0.1, -0.05) is 6.92 Å². The molecule has 1 rings (SSSR count). The van der Waals surface area contributed by atoms with Crippen LogP contribution in [0.5, 0.6) is 0 Å². The van der Waals surface area contributed by atoms with Gasteiger partial charge >= 0.3 is 0 Å². The van der Waals surface area contributed by atoms with Gasteiger partial charge in [-0.15, -0.1) is 0 Å². The van der Waals surface area contributed by atoms with Crippen molar-refractivity contribution in [3.8, 4) is 0 Å². The average molecular weight is 195 g/mol. The van der Waals surface area contributed by atoms with E-state index >= 15 is 0 Å². The Bertz CT molecular complexity index is 166. The molecule has 1 aliphatic heterocycles. The van der Waals surface area contributed by atoms with Crippen molar-refractivity contribution in [1.82, 2.24) is 5.32 Å². The fourth-order valence-electron chi connectivity index (χ4n) is 1.76. The third-order valence-corrected chi connectivity index (χ3v) is 2.57. The summed E-state index contributed by atoms with van der Waals surface area (Å²) in [6.07, 6.45) is -4.46. The van der Waals surface area contributed by atoms with Crippen LogP contribution in [-0.2, 0) is 0 Å². The molecule has 0 aliphatic carbocycles. The largest absolute Gasteiger partial charge is 0.390 e. The molecule has 0 bridgehead atoms. The maximum absolute atomic E-state index is 12.5. The molecule has 13 heavy (non-hydrogen) atoms. The van der Waals surface area contributed by atoms with Crippen LogP contribution < -0.4 is 5.32 Å². The molecule has 0 aromatic carbocycles. The highest BCUT2D eigenvalue weighted by Crippen LogP contribution is 2.25. The highest BCUT2D eigenvalue weighted by Gasteiger charge is 2.41. The summed E-state index contributed by atoms with van der Waals surface area (Å²) in [4.78, 5) is 0. The molecule has 1 saturated heterocycles. The zero-order chi connectivity index (χ0) is 10.0. The van der Waals surface area contributed by atoms with Gasteiger partial charge in [-0.25, -0.2) is 8.78 Å². The summed E-state index contributed by atoms with van der Waals surface area (Å²) >= 11 is 0. The van der Waals surface area contributed by atoms with Crippen LogP contribution >= 0.6 is 0 Å². The molecule has 0 aromatic rings. The van der Waals surface area contributed by atoms with Gasteiger partial charge in [0.05, 0.1) is 18.1 Å². The molecule has 5 heteroatoms. The Kier molecular flexibility index (Phi) is 3.58. The number of piperidine rings is 1. The molecule has 0 amide bonds. The van der Waals surface area contributed by atoms with Gasteiger partial charge in [0, 0.05) is 12.6 Å². The van der Waals surface area contributed by atoms with Gasteiger partial charge in [0.1, 0.15) is 0 Å². The maximum atomic E-state index is 12.5. The molecular formula is C8H15F2NO2. The Morgan fingerprint density at radius 1 is 1.46 bits per heavy atom. The number of aliphatic hydroxyl groups excluding tert-OH is 2. The quantitative estimate of drug-likeness (QED) is 0.580. The van der Waals surface area contributed by atoms with Gasteiger partial charge in [0.25, 0.3) is 0 Å². The first-order valence-corrected chi connectivity index (χ1v) is 4.45. The molecule has 0 saturated carbocycles. The van der Waals surface area contributed by atoms with E-state index in [1.807, 2.05) is 0 Å². The first-order valence-electron chi connectivity index (χ1n) is 4.45. The lowest BCUT2D eigenvalue weighted by Crippen LogP contribution is -2.58. The second-order valence-electron chi connectivity index (χ2n) is 3.39. The third kappa shape index (κ3) is 2.15. The van der Waals surface area contributed by atoms with Gasteiger partial charge < -0.3 is 15.5 Å². The van der Waals surface area contributed by atoms with Gasteiger partial charge in [-0.3, -0.25) is 0 Å². The fraction of sp³-hybridized carbons (Fsp3) is 1.00.